The summed E-state index contributed by atoms with van der Waals surface area (Å²) in [7, 11) is 1.92. The minimum Gasteiger partial charge on any atom is -0.494 e. The minimum absolute atomic E-state index is 0.0907. The highest BCUT2D eigenvalue weighted by atomic mass is 16.5. The first kappa shape index (κ1) is 12.0. The van der Waals surface area contributed by atoms with E-state index in [1.54, 1.807) is 0 Å². The van der Waals surface area contributed by atoms with Crippen LogP contribution in [0.1, 0.15) is 25.5 Å². The number of ether oxygens (including phenoxy) is 1. The van der Waals surface area contributed by atoms with E-state index >= 15 is 0 Å². The van der Waals surface area contributed by atoms with Crippen molar-refractivity contribution in [3.63, 3.8) is 0 Å². The summed E-state index contributed by atoms with van der Waals surface area (Å²) in [5, 5.41) is 3.20. The molecule has 1 aromatic rings. The number of hydrogen-bond acceptors (Lipinski definition) is 3. The highest BCUT2D eigenvalue weighted by molar-refractivity contribution is 5.29. The molecule has 0 spiro atoms. The molecule has 84 valence electrons. The van der Waals surface area contributed by atoms with Gasteiger partial charge in [0.25, 0.3) is 0 Å². The fourth-order valence-corrected chi connectivity index (χ4v) is 1.67. The Bertz CT molecular complexity index is 282. The van der Waals surface area contributed by atoms with Crippen molar-refractivity contribution in [2.75, 3.05) is 13.7 Å². The van der Waals surface area contributed by atoms with E-state index in [0.717, 1.165) is 5.75 Å². The lowest BCUT2D eigenvalue weighted by molar-refractivity contribution is 0.340. The molecule has 2 atom stereocenters. The molecular formula is C12H20N2O. The predicted octanol–water partition coefficient (Wildman–Crippen LogP) is 1.69. The summed E-state index contributed by atoms with van der Waals surface area (Å²) in [6.45, 7) is 4.67. The first-order valence-electron chi connectivity index (χ1n) is 5.34. The second kappa shape index (κ2) is 5.73. The molecule has 1 rings (SSSR count). The molecule has 15 heavy (non-hydrogen) atoms. The van der Waals surface area contributed by atoms with E-state index in [0.29, 0.717) is 6.61 Å². The van der Waals surface area contributed by atoms with Crippen molar-refractivity contribution < 1.29 is 4.74 Å². The van der Waals surface area contributed by atoms with Gasteiger partial charge in [-0.2, -0.15) is 0 Å². The van der Waals surface area contributed by atoms with Gasteiger partial charge in [-0.1, -0.05) is 12.1 Å². The number of hydrogen-bond donors (Lipinski definition) is 2. The van der Waals surface area contributed by atoms with Crippen molar-refractivity contribution in [1.82, 2.24) is 5.32 Å². The Hall–Kier alpha value is -1.06. The van der Waals surface area contributed by atoms with Gasteiger partial charge in [0.2, 0.25) is 0 Å². The molecule has 0 bridgehead atoms. The van der Waals surface area contributed by atoms with Crippen LogP contribution in [-0.2, 0) is 0 Å². The van der Waals surface area contributed by atoms with E-state index in [4.69, 9.17) is 10.5 Å². The van der Waals surface area contributed by atoms with E-state index in [2.05, 4.69) is 17.4 Å². The quantitative estimate of drug-likeness (QED) is 0.774. The van der Waals surface area contributed by atoms with Gasteiger partial charge in [-0.3, -0.25) is 0 Å². The molecule has 0 amide bonds. The van der Waals surface area contributed by atoms with E-state index in [1.165, 1.54) is 5.56 Å². The van der Waals surface area contributed by atoms with Crippen LogP contribution in [0.3, 0.4) is 0 Å². The topological polar surface area (TPSA) is 47.3 Å². The molecule has 0 saturated carbocycles. The molecule has 0 heterocycles. The second-order valence-electron chi connectivity index (χ2n) is 3.63. The summed E-state index contributed by atoms with van der Waals surface area (Å²) in [4.78, 5) is 0. The van der Waals surface area contributed by atoms with Gasteiger partial charge >= 0.3 is 0 Å². The number of benzene rings is 1. The molecule has 0 radical (unpaired) electrons. The first-order valence-corrected chi connectivity index (χ1v) is 5.34. The maximum Gasteiger partial charge on any atom is 0.119 e. The lowest BCUT2D eigenvalue weighted by Crippen LogP contribution is -2.33. The average molecular weight is 208 g/mol. The summed E-state index contributed by atoms with van der Waals surface area (Å²) in [5.74, 6) is 0.903. The third kappa shape index (κ3) is 3.22. The monoisotopic (exact) mass is 208 g/mol. The smallest absolute Gasteiger partial charge is 0.119 e. The van der Waals surface area contributed by atoms with Crippen molar-refractivity contribution >= 4 is 0 Å². The van der Waals surface area contributed by atoms with Gasteiger partial charge in [0.1, 0.15) is 5.75 Å². The van der Waals surface area contributed by atoms with Crippen LogP contribution in [0.5, 0.6) is 5.75 Å². The van der Waals surface area contributed by atoms with Crippen molar-refractivity contribution in [1.29, 1.82) is 0 Å². The van der Waals surface area contributed by atoms with Crippen LogP contribution in [0.15, 0.2) is 24.3 Å². The number of likely N-dealkylation sites (N-methyl/N-ethyl adjacent to an activating group) is 1. The predicted molar refractivity (Wildman–Crippen MR) is 63.1 cm³/mol. The Balaban J connectivity index is 2.77. The SMILES string of the molecule is CCOc1ccc(C(NC)C(C)N)cc1. The summed E-state index contributed by atoms with van der Waals surface area (Å²) in [6, 6.07) is 8.34. The van der Waals surface area contributed by atoms with E-state index in [9.17, 15) is 0 Å². The van der Waals surface area contributed by atoms with Crippen LogP contribution in [0.2, 0.25) is 0 Å². The zero-order valence-electron chi connectivity index (χ0n) is 9.66. The summed E-state index contributed by atoms with van der Waals surface area (Å²) in [6.07, 6.45) is 0. The molecule has 3 heteroatoms. The Labute approximate surface area is 91.6 Å². The highest BCUT2D eigenvalue weighted by Gasteiger charge is 2.13. The lowest BCUT2D eigenvalue weighted by Gasteiger charge is -2.20. The van der Waals surface area contributed by atoms with Crippen LogP contribution in [0.25, 0.3) is 0 Å². The Morgan fingerprint density at radius 3 is 2.33 bits per heavy atom. The fraction of sp³-hybridized carbons (Fsp3) is 0.500. The van der Waals surface area contributed by atoms with E-state index < -0.39 is 0 Å². The number of rotatable bonds is 5. The molecule has 3 N–H and O–H groups in total. The largest absolute Gasteiger partial charge is 0.494 e. The maximum absolute atomic E-state index is 5.88. The van der Waals surface area contributed by atoms with Crippen LogP contribution in [0, 0.1) is 0 Å². The molecule has 0 saturated heterocycles. The summed E-state index contributed by atoms with van der Waals surface area (Å²) >= 11 is 0. The van der Waals surface area contributed by atoms with Crippen LogP contribution < -0.4 is 15.8 Å². The molecule has 0 aliphatic heterocycles. The van der Waals surface area contributed by atoms with Crippen LogP contribution >= 0.6 is 0 Å². The van der Waals surface area contributed by atoms with Crippen molar-refractivity contribution in [2.24, 2.45) is 5.73 Å². The van der Waals surface area contributed by atoms with Gasteiger partial charge < -0.3 is 15.8 Å². The third-order valence-corrected chi connectivity index (χ3v) is 2.39. The molecule has 0 aliphatic carbocycles. The number of nitrogens with one attached hydrogen (secondary N) is 1. The maximum atomic E-state index is 5.88. The lowest BCUT2D eigenvalue weighted by atomic mass is 10.0. The zero-order valence-corrected chi connectivity index (χ0v) is 9.66. The average Bonchev–Trinajstić information content (AvgIpc) is 2.21. The standard InChI is InChI=1S/C12H20N2O/c1-4-15-11-7-5-10(6-8-11)12(14-3)9(2)13/h5-9,12,14H,4,13H2,1-3H3. The van der Waals surface area contributed by atoms with Crippen molar-refractivity contribution in [3.05, 3.63) is 29.8 Å². The van der Waals surface area contributed by atoms with Crippen molar-refractivity contribution in [3.8, 4) is 5.75 Å². The van der Waals surface area contributed by atoms with Gasteiger partial charge in [-0.25, -0.2) is 0 Å². The minimum atomic E-state index is 0.0907. The highest BCUT2D eigenvalue weighted by Crippen LogP contribution is 2.19. The van der Waals surface area contributed by atoms with Crippen LogP contribution in [-0.4, -0.2) is 19.7 Å². The van der Waals surface area contributed by atoms with Gasteiger partial charge in [0.05, 0.1) is 6.61 Å². The summed E-state index contributed by atoms with van der Waals surface area (Å²) < 4.78 is 5.38. The Morgan fingerprint density at radius 1 is 1.33 bits per heavy atom. The van der Waals surface area contributed by atoms with Gasteiger partial charge in [0.15, 0.2) is 0 Å². The normalized spacial score (nSPS) is 14.7. The van der Waals surface area contributed by atoms with Gasteiger partial charge in [-0.05, 0) is 38.6 Å². The first-order chi connectivity index (χ1) is 7.19. The molecule has 0 aliphatic rings. The van der Waals surface area contributed by atoms with Gasteiger partial charge in [0, 0.05) is 12.1 Å². The van der Waals surface area contributed by atoms with Gasteiger partial charge in [-0.15, -0.1) is 0 Å². The fourth-order valence-electron chi connectivity index (χ4n) is 1.67. The van der Waals surface area contributed by atoms with E-state index in [-0.39, 0.29) is 12.1 Å². The van der Waals surface area contributed by atoms with E-state index in [1.807, 2.05) is 33.0 Å². The second-order valence-corrected chi connectivity index (χ2v) is 3.63. The molecule has 2 unspecified atom stereocenters. The summed E-state index contributed by atoms with van der Waals surface area (Å²) in [5.41, 5.74) is 7.07. The third-order valence-electron chi connectivity index (χ3n) is 2.39. The Morgan fingerprint density at radius 2 is 1.93 bits per heavy atom. The molecule has 0 fully saturated rings. The molecule has 0 aromatic heterocycles. The molecule has 3 nitrogen and oxygen atoms in total. The zero-order chi connectivity index (χ0) is 11.3. The van der Waals surface area contributed by atoms with Crippen LogP contribution in [0.4, 0.5) is 0 Å². The number of nitrogens with two attached hydrogens (primary N) is 1. The van der Waals surface area contributed by atoms with Crippen molar-refractivity contribution in [2.45, 2.75) is 25.9 Å². The molecular weight excluding hydrogens is 188 g/mol. The Kier molecular flexibility index (Phi) is 4.59. The molecule has 1 aromatic carbocycles.